The van der Waals surface area contributed by atoms with Crippen molar-refractivity contribution in [2.45, 2.75) is 6.42 Å². The van der Waals surface area contributed by atoms with Gasteiger partial charge >= 0.3 is 0 Å². The maximum Gasteiger partial charge on any atom is 0.0337 e. The zero-order chi connectivity index (χ0) is 9.52. The van der Waals surface area contributed by atoms with Crippen molar-refractivity contribution in [2.75, 3.05) is 18.2 Å². The number of halogens is 1. The van der Waals surface area contributed by atoms with Crippen molar-refractivity contribution in [3.05, 3.63) is 35.9 Å². The Hall–Kier alpha value is -0.950. The molecule has 0 fully saturated rings. The maximum absolute atomic E-state index is 5.55. The molecule has 0 atom stereocenters. The Bertz CT molecular complexity index is 264. The average Bonchev–Trinajstić information content (AvgIpc) is 2.19. The normalized spacial score (nSPS) is 10.6. The largest absolute Gasteiger partial charge is 0.388 e. The van der Waals surface area contributed by atoms with Gasteiger partial charge in [0.2, 0.25) is 0 Å². The number of benzene rings is 1. The minimum Gasteiger partial charge on any atom is -0.388 e. The number of hydrogen-bond acceptors (Lipinski definition) is 1. The molecule has 2 heteroatoms. The van der Waals surface area contributed by atoms with E-state index < -0.39 is 0 Å². The molecule has 0 aliphatic heterocycles. The Morgan fingerprint density at radius 1 is 1.31 bits per heavy atom. The molecule has 0 saturated carbocycles. The molecule has 1 nitrogen and oxygen atoms in total. The number of anilines is 1. The molecule has 0 heterocycles. The standard InChI is InChI=1S/C11H14ClN/c1-13-11-7-5-10(6-8-11)4-2-3-9-12/h2,4-8,13H,3,9H2,1H3. The molecule has 0 unspecified atom stereocenters. The molecule has 70 valence electrons. The fraction of sp³-hybridized carbons (Fsp3) is 0.273. The Morgan fingerprint density at radius 3 is 2.54 bits per heavy atom. The summed E-state index contributed by atoms with van der Waals surface area (Å²) in [5.41, 5.74) is 2.35. The summed E-state index contributed by atoms with van der Waals surface area (Å²) in [6.45, 7) is 0. The first-order valence-electron chi connectivity index (χ1n) is 4.37. The third-order valence-electron chi connectivity index (χ3n) is 1.79. The molecule has 1 aromatic carbocycles. The molecular formula is C11H14ClN. The quantitative estimate of drug-likeness (QED) is 0.727. The molecule has 0 spiro atoms. The van der Waals surface area contributed by atoms with Gasteiger partial charge in [0.1, 0.15) is 0 Å². The summed E-state index contributed by atoms with van der Waals surface area (Å²) in [4.78, 5) is 0. The monoisotopic (exact) mass is 195 g/mol. The number of alkyl halides is 1. The van der Waals surface area contributed by atoms with Crippen molar-refractivity contribution in [1.82, 2.24) is 0 Å². The summed E-state index contributed by atoms with van der Waals surface area (Å²) in [6.07, 6.45) is 5.10. The third-order valence-corrected chi connectivity index (χ3v) is 2.00. The third kappa shape index (κ3) is 3.51. The molecule has 0 radical (unpaired) electrons. The van der Waals surface area contributed by atoms with E-state index in [2.05, 4.69) is 41.7 Å². The van der Waals surface area contributed by atoms with Crippen molar-refractivity contribution in [3.63, 3.8) is 0 Å². The second kappa shape index (κ2) is 5.65. The van der Waals surface area contributed by atoms with Gasteiger partial charge in [0, 0.05) is 18.6 Å². The molecule has 0 saturated heterocycles. The van der Waals surface area contributed by atoms with Gasteiger partial charge < -0.3 is 5.32 Å². The van der Waals surface area contributed by atoms with Gasteiger partial charge in [-0.1, -0.05) is 24.3 Å². The topological polar surface area (TPSA) is 12.0 Å². The van der Waals surface area contributed by atoms with E-state index in [0.29, 0.717) is 5.88 Å². The zero-order valence-corrected chi connectivity index (χ0v) is 8.51. The van der Waals surface area contributed by atoms with E-state index in [1.54, 1.807) is 0 Å². The smallest absolute Gasteiger partial charge is 0.0337 e. The van der Waals surface area contributed by atoms with E-state index in [4.69, 9.17) is 11.6 Å². The minimum atomic E-state index is 0.686. The molecular weight excluding hydrogens is 182 g/mol. The van der Waals surface area contributed by atoms with Crippen LogP contribution in [0.5, 0.6) is 0 Å². The van der Waals surface area contributed by atoms with Gasteiger partial charge in [0.25, 0.3) is 0 Å². The fourth-order valence-corrected chi connectivity index (χ4v) is 1.17. The SMILES string of the molecule is CNc1ccc(C=CCCCl)cc1. The lowest BCUT2D eigenvalue weighted by Gasteiger charge is -1.99. The lowest BCUT2D eigenvalue weighted by atomic mass is 10.2. The van der Waals surface area contributed by atoms with E-state index >= 15 is 0 Å². The van der Waals surface area contributed by atoms with Gasteiger partial charge in [-0.05, 0) is 24.1 Å². The fourth-order valence-electron chi connectivity index (χ4n) is 1.04. The van der Waals surface area contributed by atoms with Gasteiger partial charge in [-0.25, -0.2) is 0 Å². The van der Waals surface area contributed by atoms with Crippen LogP contribution in [-0.2, 0) is 0 Å². The lowest BCUT2D eigenvalue weighted by Crippen LogP contribution is -1.86. The van der Waals surface area contributed by atoms with E-state index in [-0.39, 0.29) is 0 Å². The first kappa shape index (κ1) is 10.1. The van der Waals surface area contributed by atoms with Crippen molar-refractivity contribution in [1.29, 1.82) is 0 Å². The van der Waals surface area contributed by atoms with Crippen molar-refractivity contribution in [3.8, 4) is 0 Å². The molecule has 0 amide bonds. The highest BCUT2D eigenvalue weighted by Crippen LogP contribution is 2.09. The summed E-state index contributed by atoms with van der Waals surface area (Å²) >= 11 is 5.55. The van der Waals surface area contributed by atoms with Crippen LogP contribution in [0.15, 0.2) is 30.3 Å². The van der Waals surface area contributed by atoms with Crippen molar-refractivity contribution >= 4 is 23.4 Å². The molecule has 1 rings (SSSR count). The van der Waals surface area contributed by atoms with Crippen molar-refractivity contribution in [2.24, 2.45) is 0 Å². The van der Waals surface area contributed by atoms with Crippen LogP contribution >= 0.6 is 11.6 Å². The predicted octanol–water partition coefficient (Wildman–Crippen LogP) is 3.37. The summed E-state index contributed by atoms with van der Waals surface area (Å²) in [6, 6.07) is 8.27. The second-order valence-electron chi connectivity index (χ2n) is 2.75. The molecule has 0 aliphatic rings. The molecule has 0 aliphatic carbocycles. The average molecular weight is 196 g/mol. The summed E-state index contributed by atoms with van der Waals surface area (Å²) in [7, 11) is 1.92. The second-order valence-corrected chi connectivity index (χ2v) is 3.13. The van der Waals surface area contributed by atoms with Crippen LogP contribution < -0.4 is 5.32 Å². The Kier molecular flexibility index (Phi) is 4.41. The van der Waals surface area contributed by atoms with Crippen LogP contribution in [-0.4, -0.2) is 12.9 Å². The zero-order valence-electron chi connectivity index (χ0n) is 7.76. The molecule has 0 aromatic heterocycles. The highest BCUT2D eigenvalue weighted by Gasteiger charge is 1.87. The van der Waals surface area contributed by atoms with Crippen molar-refractivity contribution < 1.29 is 0 Å². The first-order valence-corrected chi connectivity index (χ1v) is 4.90. The Labute approximate surface area is 84.4 Å². The Balaban J connectivity index is 2.58. The molecule has 0 bridgehead atoms. The molecule has 13 heavy (non-hydrogen) atoms. The number of rotatable bonds is 4. The first-order chi connectivity index (χ1) is 6.36. The van der Waals surface area contributed by atoms with Crippen LogP contribution in [0, 0.1) is 0 Å². The predicted molar refractivity (Wildman–Crippen MR) is 60.4 cm³/mol. The van der Waals surface area contributed by atoms with Gasteiger partial charge in [-0.15, -0.1) is 11.6 Å². The van der Waals surface area contributed by atoms with Gasteiger partial charge in [0.15, 0.2) is 0 Å². The van der Waals surface area contributed by atoms with Gasteiger partial charge in [0.05, 0.1) is 0 Å². The maximum atomic E-state index is 5.55. The lowest BCUT2D eigenvalue weighted by molar-refractivity contribution is 1.24. The number of nitrogens with one attached hydrogen (secondary N) is 1. The van der Waals surface area contributed by atoms with E-state index in [0.717, 1.165) is 12.1 Å². The summed E-state index contributed by atoms with van der Waals surface area (Å²) in [5.74, 6) is 0.686. The van der Waals surface area contributed by atoms with Gasteiger partial charge in [-0.3, -0.25) is 0 Å². The van der Waals surface area contributed by atoms with E-state index in [1.165, 1.54) is 5.56 Å². The molecule has 1 aromatic rings. The van der Waals surface area contributed by atoms with E-state index in [9.17, 15) is 0 Å². The highest BCUT2D eigenvalue weighted by molar-refractivity contribution is 6.17. The van der Waals surface area contributed by atoms with Gasteiger partial charge in [-0.2, -0.15) is 0 Å². The summed E-state index contributed by atoms with van der Waals surface area (Å²) < 4.78 is 0. The highest BCUT2D eigenvalue weighted by atomic mass is 35.5. The van der Waals surface area contributed by atoms with Crippen LogP contribution in [0.4, 0.5) is 5.69 Å². The minimum absolute atomic E-state index is 0.686. The van der Waals surface area contributed by atoms with Crippen LogP contribution in [0.25, 0.3) is 6.08 Å². The number of allylic oxidation sites excluding steroid dienone is 1. The Morgan fingerprint density at radius 2 is 2.00 bits per heavy atom. The van der Waals surface area contributed by atoms with Crippen LogP contribution in [0.1, 0.15) is 12.0 Å². The molecule has 1 N–H and O–H groups in total. The van der Waals surface area contributed by atoms with E-state index in [1.807, 2.05) is 7.05 Å². The van der Waals surface area contributed by atoms with Crippen LogP contribution in [0.3, 0.4) is 0 Å². The summed E-state index contributed by atoms with van der Waals surface area (Å²) in [5, 5.41) is 3.08. The number of hydrogen-bond donors (Lipinski definition) is 1. The van der Waals surface area contributed by atoms with Crippen LogP contribution in [0.2, 0.25) is 0 Å².